The topological polar surface area (TPSA) is 80.3 Å². The highest BCUT2D eigenvalue weighted by Gasteiger charge is 2.32. The zero-order valence-electron chi connectivity index (χ0n) is 14.8. The van der Waals surface area contributed by atoms with Gasteiger partial charge in [-0.1, -0.05) is 24.3 Å². The molecule has 0 unspecified atom stereocenters. The van der Waals surface area contributed by atoms with Gasteiger partial charge in [-0.15, -0.1) is 11.8 Å². The number of ether oxygens (including phenoxy) is 1. The largest absolute Gasteiger partial charge is 0.481 e. The Morgan fingerprint density at radius 1 is 1.33 bits per heavy atom. The molecule has 2 N–H and O–H groups in total. The summed E-state index contributed by atoms with van der Waals surface area (Å²) in [6, 6.07) is 9.35. The van der Waals surface area contributed by atoms with Crippen LogP contribution in [0.25, 0.3) is 0 Å². The fourth-order valence-corrected chi connectivity index (χ4v) is 3.98. The van der Waals surface area contributed by atoms with Crippen molar-refractivity contribution in [3.8, 4) is 5.88 Å². The second kappa shape index (κ2) is 8.85. The van der Waals surface area contributed by atoms with Crippen molar-refractivity contribution >= 4 is 23.6 Å². The second-order valence-electron chi connectivity index (χ2n) is 6.07. The molecule has 8 heteroatoms. The zero-order chi connectivity index (χ0) is 19.2. The Labute approximate surface area is 160 Å². The Kier molecular flexibility index (Phi) is 6.28. The van der Waals surface area contributed by atoms with Crippen LogP contribution < -0.4 is 15.4 Å². The van der Waals surface area contributed by atoms with Crippen LogP contribution >= 0.6 is 11.8 Å². The Morgan fingerprint density at radius 3 is 2.85 bits per heavy atom. The van der Waals surface area contributed by atoms with Crippen molar-refractivity contribution in [3.05, 3.63) is 59.5 Å². The lowest BCUT2D eigenvalue weighted by molar-refractivity contribution is -0.128. The molecule has 0 spiro atoms. The lowest BCUT2D eigenvalue weighted by Gasteiger charge is -2.28. The normalized spacial score (nSPS) is 19.3. The number of hydrogen-bond acceptors (Lipinski definition) is 5. The maximum absolute atomic E-state index is 13.8. The minimum atomic E-state index is -0.623. The van der Waals surface area contributed by atoms with Crippen molar-refractivity contribution in [2.45, 2.75) is 24.3 Å². The predicted octanol–water partition coefficient (Wildman–Crippen LogP) is 1.69. The SMILES string of the molecule is COc1ncccc1CNC(=O)[C@@H]1CS[C@H](Cc2ccccc2F)C(=O)N1. The average Bonchev–Trinajstić information content (AvgIpc) is 2.69. The van der Waals surface area contributed by atoms with Crippen LogP contribution in [0.3, 0.4) is 0 Å². The number of rotatable bonds is 6. The van der Waals surface area contributed by atoms with Gasteiger partial charge in [-0.3, -0.25) is 9.59 Å². The highest BCUT2D eigenvalue weighted by molar-refractivity contribution is 8.00. The van der Waals surface area contributed by atoms with E-state index in [4.69, 9.17) is 4.74 Å². The monoisotopic (exact) mass is 389 g/mol. The van der Waals surface area contributed by atoms with E-state index < -0.39 is 11.3 Å². The van der Waals surface area contributed by atoms with E-state index in [0.29, 0.717) is 23.6 Å². The number of aromatic nitrogens is 1. The summed E-state index contributed by atoms with van der Waals surface area (Å²) in [6.07, 6.45) is 1.91. The first-order valence-electron chi connectivity index (χ1n) is 8.49. The quantitative estimate of drug-likeness (QED) is 0.786. The molecule has 2 aromatic rings. The third kappa shape index (κ3) is 4.77. The van der Waals surface area contributed by atoms with Gasteiger partial charge in [-0.25, -0.2) is 9.37 Å². The summed E-state index contributed by atoms with van der Waals surface area (Å²) in [7, 11) is 1.52. The van der Waals surface area contributed by atoms with Gasteiger partial charge in [0.2, 0.25) is 17.7 Å². The Hall–Kier alpha value is -2.61. The van der Waals surface area contributed by atoms with Crippen LogP contribution in [0.1, 0.15) is 11.1 Å². The molecule has 142 valence electrons. The summed E-state index contributed by atoms with van der Waals surface area (Å²) < 4.78 is 18.9. The average molecular weight is 389 g/mol. The smallest absolute Gasteiger partial charge is 0.243 e. The van der Waals surface area contributed by atoms with E-state index >= 15 is 0 Å². The molecule has 1 aliphatic rings. The van der Waals surface area contributed by atoms with Crippen LogP contribution in [0.2, 0.25) is 0 Å². The predicted molar refractivity (Wildman–Crippen MR) is 101 cm³/mol. The molecule has 1 fully saturated rings. The molecule has 0 bridgehead atoms. The molecule has 27 heavy (non-hydrogen) atoms. The number of carbonyl (C=O) groups excluding carboxylic acids is 2. The van der Waals surface area contributed by atoms with Gasteiger partial charge in [0.15, 0.2) is 0 Å². The van der Waals surface area contributed by atoms with E-state index in [-0.39, 0.29) is 24.2 Å². The summed E-state index contributed by atoms with van der Waals surface area (Å²) in [6.45, 7) is 0.255. The van der Waals surface area contributed by atoms with Crippen LogP contribution in [0.4, 0.5) is 4.39 Å². The first kappa shape index (κ1) is 19.2. The lowest BCUT2D eigenvalue weighted by atomic mass is 10.1. The first-order valence-corrected chi connectivity index (χ1v) is 9.54. The highest BCUT2D eigenvalue weighted by atomic mass is 32.2. The van der Waals surface area contributed by atoms with Gasteiger partial charge in [-0.05, 0) is 24.1 Å². The molecule has 1 aromatic carbocycles. The number of nitrogens with zero attached hydrogens (tertiary/aromatic N) is 1. The van der Waals surface area contributed by atoms with Crippen molar-refractivity contribution in [3.63, 3.8) is 0 Å². The number of benzene rings is 1. The third-order valence-electron chi connectivity index (χ3n) is 4.25. The van der Waals surface area contributed by atoms with Crippen molar-refractivity contribution in [2.75, 3.05) is 12.9 Å². The molecule has 0 aliphatic carbocycles. The fourth-order valence-electron chi connectivity index (χ4n) is 2.80. The van der Waals surface area contributed by atoms with Gasteiger partial charge in [0.25, 0.3) is 0 Å². The molecule has 0 saturated carbocycles. The molecule has 2 heterocycles. The maximum Gasteiger partial charge on any atom is 0.243 e. The minimum Gasteiger partial charge on any atom is -0.481 e. The van der Waals surface area contributed by atoms with Gasteiger partial charge in [-0.2, -0.15) is 0 Å². The van der Waals surface area contributed by atoms with Gasteiger partial charge >= 0.3 is 0 Å². The number of nitrogens with one attached hydrogen (secondary N) is 2. The van der Waals surface area contributed by atoms with Crippen molar-refractivity contribution < 1.29 is 18.7 Å². The standard InChI is InChI=1S/C19H20FN3O3S/c1-26-19-13(6-4-8-21-19)10-22-17(24)15-11-27-16(18(25)23-15)9-12-5-2-3-7-14(12)20/h2-8,15-16H,9-11H2,1H3,(H,22,24)(H,23,25)/t15-,16+/m0/s1. The highest BCUT2D eigenvalue weighted by Crippen LogP contribution is 2.23. The number of thioether (sulfide) groups is 1. The van der Waals surface area contributed by atoms with Crippen molar-refractivity contribution in [1.29, 1.82) is 0 Å². The van der Waals surface area contributed by atoms with Crippen LogP contribution in [-0.2, 0) is 22.6 Å². The van der Waals surface area contributed by atoms with E-state index in [1.54, 1.807) is 30.5 Å². The zero-order valence-corrected chi connectivity index (χ0v) is 15.6. The van der Waals surface area contributed by atoms with Gasteiger partial charge in [0, 0.05) is 24.1 Å². The molecule has 0 radical (unpaired) electrons. The molecule has 1 aliphatic heterocycles. The molecular weight excluding hydrogens is 369 g/mol. The number of halogens is 1. The Balaban J connectivity index is 1.53. The molecule has 1 saturated heterocycles. The van der Waals surface area contributed by atoms with E-state index in [1.165, 1.54) is 24.9 Å². The number of methoxy groups -OCH3 is 1. The third-order valence-corrected chi connectivity index (χ3v) is 5.56. The maximum atomic E-state index is 13.8. The number of carbonyl (C=O) groups is 2. The van der Waals surface area contributed by atoms with Crippen molar-refractivity contribution in [2.24, 2.45) is 0 Å². The summed E-state index contributed by atoms with van der Waals surface area (Å²) in [4.78, 5) is 28.8. The lowest BCUT2D eigenvalue weighted by Crippen LogP contribution is -2.54. The summed E-state index contributed by atoms with van der Waals surface area (Å²) in [5, 5.41) is 5.11. The summed E-state index contributed by atoms with van der Waals surface area (Å²) in [5.41, 5.74) is 1.25. The molecular formula is C19H20FN3O3S. The van der Waals surface area contributed by atoms with Gasteiger partial charge in [0.05, 0.1) is 12.4 Å². The summed E-state index contributed by atoms with van der Waals surface area (Å²) >= 11 is 1.36. The molecule has 1 aromatic heterocycles. The molecule has 6 nitrogen and oxygen atoms in total. The van der Waals surface area contributed by atoms with Gasteiger partial charge < -0.3 is 15.4 Å². The number of pyridine rings is 1. The molecule has 3 rings (SSSR count). The van der Waals surface area contributed by atoms with E-state index in [2.05, 4.69) is 15.6 Å². The van der Waals surface area contributed by atoms with Crippen LogP contribution in [0, 0.1) is 5.82 Å². The first-order chi connectivity index (χ1) is 13.1. The van der Waals surface area contributed by atoms with Crippen LogP contribution in [-0.4, -0.2) is 41.0 Å². The van der Waals surface area contributed by atoms with Crippen molar-refractivity contribution in [1.82, 2.24) is 15.6 Å². The number of amides is 2. The number of hydrogen-bond donors (Lipinski definition) is 2. The fraction of sp³-hybridized carbons (Fsp3) is 0.316. The molecule has 2 amide bonds. The van der Waals surface area contributed by atoms with Gasteiger partial charge in [0.1, 0.15) is 11.9 Å². The Bertz CT molecular complexity index is 833. The minimum absolute atomic E-state index is 0.255. The van der Waals surface area contributed by atoms with E-state index in [0.717, 1.165) is 5.56 Å². The van der Waals surface area contributed by atoms with Crippen LogP contribution in [0.15, 0.2) is 42.6 Å². The van der Waals surface area contributed by atoms with E-state index in [1.807, 2.05) is 6.07 Å². The molecule has 2 atom stereocenters. The Morgan fingerprint density at radius 2 is 2.11 bits per heavy atom. The second-order valence-corrected chi connectivity index (χ2v) is 7.30. The van der Waals surface area contributed by atoms with E-state index in [9.17, 15) is 14.0 Å². The summed E-state index contributed by atoms with van der Waals surface area (Å²) in [5.74, 6) is 0.0293. The van der Waals surface area contributed by atoms with Crippen LogP contribution in [0.5, 0.6) is 5.88 Å².